The molecule has 0 radical (unpaired) electrons. The predicted molar refractivity (Wildman–Crippen MR) is 46.1 cm³/mol. The lowest BCUT2D eigenvalue weighted by Crippen LogP contribution is -2.71. The summed E-state index contributed by atoms with van der Waals surface area (Å²) < 4.78 is 0. The molecule has 3 N–H and O–H groups in total. The van der Waals surface area contributed by atoms with Gasteiger partial charge in [-0.2, -0.15) is 0 Å². The molecule has 4 heteroatoms. The van der Waals surface area contributed by atoms with Gasteiger partial charge in [-0.05, 0) is 21.1 Å². The monoisotopic (exact) mass is 158 g/mol. The van der Waals surface area contributed by atoms with Crippen molar-refractivity contribution >= 4 is 0 Å². The number of hydrogen-bond donors (Lipinski definition) is 2. The van der Waals surface area contributed by atoms with Crippen LogP contribution in [0.3, 0.4) is 0 Å². The number of hydrogen-bond acceptors (Lipinski definition) is 4. The van der Waals surface area contributed by atoms with Crippen molar-refractivity contribution in [3.8, 4) is 0 Å². The molecule has 1 aliphatic rings. The molecule has 66 valence electrons. The normalized spacial score (nSPS) is 34.6. The highest BCUT2D eigenvalue weighted by Crippen LogP contribution is 2.10. The lowest BCUT2D eigenvalue weighted by molar-refractivity contribution is -0.0257. The van der Waals surface area contributed by atoms with E-state index in [9.17, 15) is 0 Å². The summed E-state index contributed by atoms with van der Waals surface area (Å²) in [5, 5.41) is 3.28. The van der Waals surface area contributed by atoms with Crippen molar-refractivity contribution in [2.45, 2.75) is 5.79 Å². The molecule has 0 amide bonds. The molecule has 1 rings (SSSR count). The minimum absolute atomic E-state index is 0.307. The predicted octanol–water partition coefficient (Wildman–Crippen LogP) is -1.30. The SMILES string of the molecule is CN(C)C1(N)CNCCN1C. The van der Waals surface area contributed by atoms with E-state index >= 15 is 0 Å². The second kappa shape index (κ2) is 3.06. The van der Waals surface area contributed by atoms with Gasteiger partial charge in [0.05, 0.1) is 0 Å². The van der Waals surface area contributed by atoms with Crippen molar-refractivity contribution < 1.29 is 0 Å². The fourth-order valence-corrected chi connectivity index (χ4v) is 1.35. The van der Waals surface area contributed by atoms with Gasteiger partial charge in [-0.15, -0.1) is 0 Å². The summed E-state index contributed by atoms with van der Waals surface area (Å²) in [4.78, 5) is 4.21. The minimum atomic E-state index is -0.307. The maximum absolute atomic E-state index is 6.13. The average molecular weight is 158 g/mol. The van der Waals surface area contributed by atoms with Crippen LogP contribution in [-0.2, 0) is 0 Å². The summed E-state index contributed by atoms with van der Waals surface area (Å²) in [5.41, 5.74) is 6.13. The summed E-state index contributed by atoms with van der Waals surface area (Å²) >= 11 is 0. The maximum Gasteiger partial charge on any atom is 0.138 e. The molecule has 0 aromatic carbocycles. The van der Waals surface area contributed by atoms with E-state index in [0.717, 1.165) is 19.6 Å². The van der Waals surface area contributed by atoms with Crippen molar-refractivity contribution in [1.29, 1.82) is 0 Å². The van der Waals surface area contributed by atoms with Crippen molar-refractivity contribution in [2.75, 3.05) is 40.8 Å². The van der Waals surface area contributed by atoms with Crippen molar-refractivity contribution in [3.05, 3.63) is 0 Å². The van der Waals surface area contributed by atoms with E-state index in [1.807, 2.05) is 19.0 Å². The van der Waals surface area contributed by atoms with Crippen LogP contribution in [0.5, 0.6) is 0 Å². The Morgan fingerprint density at radius 3 is 2.55 bits per heavy atom. The van der Waals surface area contributed by atoms with Crippen LogP contribution in [0.4, 0.5) is 0 Å². The Morgan fingerprint density at radius 2 is 2.18 bits per heavy atom. The van der Waals surface area contributed by atoms with Gasteiger partial charge in [0.25, 0.3) is 0 Å². The molecule has 0 saturated carbocycles. The van der Waals surface area contributed by atoms with Crippen LogP contribution in [0.25, 0.3) is 0 Å². The summed E-state index contributed by atoms with van der Waals surface area (Å²) in [6.07, 6.45) is 0. The third-order valence-electron chi connectivity index (χ3n) is 2.44. The van der Waals surface area contributed by atoms with Crippen molar-refractivity contribution in [2.24, 2.45) is 5.73 Å². The Hall–Kier alpha value is -0.160. The van der Waals surface area contributed by atoms with Crippen LogP contribution in [0.2, 0.25) is 0 Å². The zero-order valence-electron chi connectivity index (χ0n) is 7.59. The van der Waals surface area contributed by atoms with E-state index < -0.39 is 0 Å². The number of likely N-dealkylation sites (N-methyl/N-ethyl adjacent to an activating group) is 2. The van der Waals surface area contributed by atoms with Gasteiger partial charge in [0, 0.05) is 19.6 Å². The fourth-order valence-electron chi connectivity index (χ4n) is 1.35. The molecule has 1 heterocycles. The summed E-state index contributed by atoms with van der Waals surface area (Å²) in [6, 6.07) is 0. The van der Waals surface area contributed by atoms with Crippen LogP contribution in [0.1, 0.15) is 0 Å². The van der Waals surface area contributed by atoms with Crippen molar-refractivity contribution in [3.63, 3.8) is 0 Å². The van der Waals surface area contributed by atoms with Crippen LogP contribution in [0.15, 0.2) is 0 Å². The van der Waals surface area contributed by atoms with E-state index in [0.29, 0.717) is 0 Å². The number of nitrogens with zero attached hydrogens (tertiary/aromatic N) is 2. The number of piperazine rings is 1. The first-order chi connectivity index (χ1) is 5.07. The number of rotatable bonds is 1. The molecule has 0 spiro atoms. The van der Waals surface area contributed by atoms with Gasteiger partial charge in [-0.25, -0.2) is 0 Å². The zero-order valence-corrected chi connectivity index (χ0v) is 7.59. The van der Waals surface area contributed by atoms with Gasteiger partial charge in [-0.3, -0.25) is 15.5 Å². The van der Waals surface area contributed by atoms with Gasteiger partial charge in [0.15, 0.2) is 0 Å². The van der Waals surface area contributed by atoms with E-state index in [2.05, 4.69) is 17.3 Å². The number of nitrogens with two attached hydrogens (primary N) is 1. The van der Waals surface area contributed by atoms with Gasteiger partial charge >= 0.3 is 0 Å². The molecule has 1 atom stereocenters. The van der Waals surface area contributed by atoms with Crippen LogP contribution in [-0.4, -0.2) is 56.4 Å². The Labute approximate surface area is 68.3 Å². The minimum Gasteiger partial charge on any atom is -0.311 e. The molecule has 0 aromatic heterocycles. The largest absolute Gasteiger partial charge is 0.311 e. The van der Waals surface area contributed by atoms with Crippen LogP contribution >= 0.6 is 0 Å². The Kier molecular flexibility index (Phi) is 2.49. The molecule has 0 aliphatic carbocycles. The Morgan fingerprint density at radius 1 is 1.55 bits per heavy atom. The van der Waals surface area contributed by atoms with E-state index in [-0.39, 0.29) is 5.79 Å². The topological polar surface area (TPSA) is 44.5 Å². The van der Waals surface area contributed by atoms with Gasteiger partial charge in [0.1, 0.15) is 5.79 Å². The summed E-state index contributed by atoms with van der Waals surface area (Å²) in [6.45, 7) is 2.87. The average Bonchev–Trinajstić information content (AvgIpc) is 1.95. The molecule has 1 unspecified atom stereocenters. The van der Waals surface area contributed by atoms with Gasteiger partial charge in [0.2, 0.25) is 0 Å². The summed E-state index contributed by atoms with van der Waals surface area (Å²) in [5.74, 6) is -0.307. The molecule has 4 nitrogen and oxygen atoms in total. The molecule has 1 aliphatic heterocycles. The first-order valence-electron chi connectivity index (χ1n) is 3.95. The summed E-state index contributed by atoms with van der Waals surface area (Å²) in [7, 11) is 6.06. The molecular weight excluding hydrogens is 140 g/mol. The second-order valence-electron chi connectivity index (χ2n) is 3.37. The third kappa shape index (κ3) is 1.54. The smallest absolute Gasteiger partial charge is 0.138 e. The van der Waals surface area contributed by atoms with Crippen LogP contribution in [0, 0.1) is 0 Å². The van der Waals surface area contributed by atoms with Gasteiger partial charge in [-0.1, -0.05) is 0 Å². The second-order valence-corrected chi connectivity index (χ2v) is 3.37. The lowest BCUT2D eigenvalue weighted by Gasteiger charge is -2.46. The van der Waals surface area contributed by atoms with Crippen molar-refractivity contribution in [1.82, 2.24) is 15.1 Å². The maximum atomic E-state index is 6.13. The molecule has 0 bridgehead atoms. The van der Waals surface area contributed by atoms with E-state index in [1.165, 1.54) is 0 Å². The Bertz CT molecular complexity index is 136. The van der Waals surface area contributed by atoms with E-state index in [1.54, 1.807) is 0 Å². The van der Waals surface area contributed by atoms with Gasteiger partial charge < -0.3 is 5.32 Å². The zero-order chi connectivity index (χ0) is 8.48. The highest BCUT2D eigenvalue weighted by molar-refractivity contribution is 4.86. The molecule has 0 aromatic rings. The molecule has 11 heavy (non-hydrogen) atoms. The highest BCUT2D eigenvalue weighted by Gasteiger charge is 2.34. The first kappa shape index (κ1) is 8.93. The molecule has 1 saturated heterocycles. The Balaban J connectivity index is 2.64. The van der Waals surface area contributed by atoms with E-state index in [4.69, 9.17) is 5.73 Å². The first-order valence-corrected chi connectivity index (χ1v) is 3.95. The number of nitrogens with one attached hydrogen (secondary N) is 1. The quantitative estimate of drug-likeness (QED) is 0.465. The highest BCUT2D eigenvalue weighted by atomic mass is 15.5. The third-order valence-corrected chi connectivity index (χ3v) is 2.44. The molecular formula is C7H18N4. The standard InChI is InChI=1S/C7H18N4/c1-10(2)7(8)6-9-4-5-11(7)3/h9H,4-6,8H2,1-3H3. The lowest BCUT2D eigenvalue weighted by atomic mass is 10.2. The van der Waals surface area contributed by atoms with Crippen LogP contribution < -0.4 is 11.1 Å². The fraction of sp³-hybridized carbons (Fsp3) is 1.00. The molecule has 1 fully saturated rings.